The molecular formula is C24H31NO2. The Bertz CT molecular complexity index is 764. The van der Waals surface area contributed by atoms with Crippen LogP contribution in [0, 0.1) is 25.7 Å². The van der Waals surface area contributed by atoms with E-state index in [1.54, 1.807) is 12.1 Å². The SMILES string of the molecule is Cc1cc(C)cc(CC2(O)C[C@H]3CN(CCc4ccc(O)cc4)C[C@H]3C2)c1. The van der Waals surface area contributed by atoms with Crippen molar-refractivity contribution in [3.8, 4) is 5.75 Å². The summed E-state index contributed by atoms with van der Waals surface area (Å²) in [5, 5.41) is 20.6. The van der Waals surface area contributed by atoms with Crippen molar-refractivity contribution in [2.24, 2.45) is 11.8 Å². The number of phenols is 1. The fraction of sp³-hybridized carbons (Fsp3) is 0.500. The average Bonchev–Trinajstić information content (AvgIpc) is 3.07. The zero-order chi connectivity index (χ0) is 19.0. The van der Waals surface area contributed by atoms with Crippen LogP contribution in [0.3, 0.4) is 0 Å². The van der Waals surface area contributed by atoms with E-state index in [1.165, 1.54) is 22.3 Å². The van der Waals surface area contributed by atoms with Gasteiger partial charge < -0.3 is 15.1 Å². The third-order valence-corrected chi connectivity index (χ3v) is 6.40. The van der Waals surface area contributed by atoms with Crippen molar-refractivity contribution >= 4 is 0 Å². The summed E-state index contributed by atoms with van der Waals surface area (Å²) in [6.07, 6.45) is 3.67. The Morgan fingerprint density at radius 1 is 0.926 bits per heavy atom. The van der Waals surface area contributed by atoms with Crippen LogP contribution in [0.1, 0.15) is 35.1 Å². The molecule has 0 radical (unpaired) electrons. The number of phenolic OH excluding ortho intramolecular Hbond substituents is 1. The van der Waals surface area contributed by atoms with Crippen molar-refractivity contribution in [3.63, 3.8) is 0 Å². The fourth-order valence-corrected chi connectivity index (χ4v) is 5.39. The Morgan fingerprint density at radius 3 is 2.11 bits per heavy atom. The van der Waals surface area contributed by atoms with Crippen molar-refractivity contribution in [1.29, 1.82) is 0 Å². The second kappa shape index (κ2) is 7.29. The summed E-state index contributed by atoms with van der Waals surface area (Å²) in [6.45, 7) is 7.55. The Hall–Kier alpha value is -1.84. The number of hydrogen-bond acceptors (Lipinski definition) is 3. The van der Waals surface area contributed by atoms with Gasteiger partial charge in [-0.3, -0.25) is 0 Å². The highest BCUT2D eigenvalue weighted by Gasteiger charge is 2.47. The van der Waals surface area contributed by atoms with Crippen LogP contribution in [-0.2, 0) is 12.8 Å². The van der Waals surface area contributed by atoms with Gasteiger partial charge in [-0.15, -0.1) is 0 Å². The smallest absolute Gasteiger partial charge is 0.115 e. The first-order valence-corrected chi connectivity index (χ1v) is 10.2. The maximum Gasteiger partial charge on any atom is 0.115 e. The molecule has 27 heavy (non-hydrogen) atoms. The van der Waals surface area contributed by atoms with Gasteiger partial charge in [0.1, 0.15) is 5.75 Å². The monoisotopic (exact) mass is 365 g/mol. The van der Waals surface area contributed by atoms with Crippen molar-refractivity contribution in [1.82, 2.24) is 4.90 Å². The van der Waals surface area contributed by atoms with Crippen LogP contribution in [0.2, 0.25) is 0 Å². The minimum absolute atomic E-state index is 0.331. The summed E-state index contributed by atoms with van der Waals surface area (Å²) in [5.74, 6) is 1.58. The fourth-order valence-electron chi connectivity index (χ4n) is 5.39. The van der Waals surface area contributed by atoms with Crippen LogP contribution in [-0.4, -0.2) is 40.3 Å². The molecule has 2 aromatic carbocycles. The molecule has 1 aliphatic carbocycles. The zero-order valence-corrected chi connectivity index (χ0v) is 16.5. The first kappa shape index (κ1) is 18.5. The highest BCUT2D eigenvalue weighted by Crippen LogP contribution is 2.45. The van der Waals surface area contributed by atoms with E-state index in [-0.39, 0.29) is 0 Å². The van der Waals surface area contributed by atoms with E-state index in [0.717, 1.165) is 45.3 Å². The quantitative estimate of drug-likeness (QED) is 0.845. The van der Waals surface area contributed by atoms with E-state index in [0.29, 0.717) is 17.6 Å². The van der Waals surface area contributed by atoms with Crippen LogP contribution in [0.5, 0.6) is 5.75 Å². The summed E-state index contributed by atoms with van der Waals surface area (Å²) in [5.41, 5.74) is 4.59. The molecule has 0 aromatic heterocycles. The highest BCUT2D eigenvalue weighted by atomic mass is 16.3. The molecular weight excluding hydrogens is 334 g/mol. The van der Waals surface area contributed by atoms with Gasteiger partial charge >= 0.3 is 0 Å². The lowest BCUT2D eigenvalue weighted by Gasteiger charge is -2.26. The number of aromatic hydroxyl groups is 1. The first-order valence-electron chi connectivity index (χ1n) is 10.2. The lowest BCUT2D eigenvalue weighted by atomic mass is 9.90. The number of likely N-dealkylation sites (tertiary alicyclic amines) is 1. The molecule has 2 aromatic rings. The lowest BCUT2D eigenvalue weighted by Crippen LogP contribution is -2.32. The molecule has 3 atom stereocenters. The molecule has 144 valence electrons. The van der Waals surface area contributed by atoms with E-state index in [1.807, 2.05) is 12.1 Å². The molecule has 1 unspecified atom stereocenters. The van der Waals surface area contributed by atoms with E-state index in [2.05, 4.69) is 36.9 Å². The number of hydrogen-bond donors (Lipinski definition) is 2. The first-order chi connectivity index (χ1) is 12.9. The van der Waals surface area contributed by atoms with Crippen LogP contribution >= 0.6 is 0 Å². The van der Waals surface area contributed by atoms with Gasteiger partial charge in [0.25, 0.3) is 0 Å². The summed E-state index contributed by atoms with van der Waals surface area (Å²) in [6, 6.07) is 14.2. The molecule has 2 N–H and O–H groups in total. The largest absolute Gasteiger partial charge is 0.508 e. The van der Waals surface area contributed by atoms with Gasteiger partial charge in [0.15, 0.2) is 0 Å². The molecule has 2 aliphatic rings. The predicted octanol–water partition coefficient (Wildman–Crippen LogP) is 3.87. The highest BCUT2D eigenvalue weighted by molar-refractivity contribution is 5.30. The standard InChI is InChI=1S/C24H31NO2/c1-17-9-18(2)11-20(10-17)12-24(27)13-21-15-25(16-22(21)14-24)8-7-19-3-5-23(26)6-4-19/h3-6,9-11,21-22,26-27H,7-8,12-16H2,1-2H3/t21-,22+,24?. The second-order valence-electron chi connectivity index (χ2n) is 9.00. The molecule has 0 spiro atoms. The molecule has 1 saturated heterocycles. The van der Waals surface area contributed by atoms with Crippen molar-refractivity contribution in [2.45, 2.75) is 45.1 Å². The van der Waals surface area contributed by atoms with E-state index >= 15 is 0 Å². The van der Waals surface area contributed by atoms with Gasteiger partial charge in [0.2, 0.25) is 0 Å². The molecule has 2 fully saturated rings. The van der Waals surface area contributed by atoms with Crippen LogP contribution in [0.15, 0.2) is 42.5 Å². The van der Waals surface area contributed by atoms with Crippen molar-refractivity contribution < 1.29 is 10.2 Å². The van der Waals surface area contributed by atoms with E-state index in [9.17, 15) is 10.2 Å². The molecule has 0 amide bonds. The molecule has 1 saturated carbocycles. The third kappa shape index (κ3) is 4.36. The minimum Gasteiger partial charge on any atom is -0.508 e. The number of fused-ring (bicyclic) bond motifs is 1. The summed E-state index contributed by atoms with van der Waals surface area (Å²) < 4.78 is 0. The second-order valence-corrected chi connectivity index (χ2v) is 9.00. The number of rotatable bonds is 5. The molecule has 4 rings (SSSR count). The van der Waals surface area contributed by atoms with Crippen LogP contribution < -0.4 is 0 Å². The summed E-state index contributed by atoms with van der Waals surface area (Å²) in [7, 11) is 0. The maximum atomic E-state index is 11.2. The maximum absolute atomic E-state index is 11.2. The molecule has 0 bridgehead atoms. The minimum atomic E-state index is -0.529. The number of benzene rings is 2. The Kier molecular flexibility index (Phi) is 5.00. The van der Waals surface area contributed by atoms with Crippen molar-refractivity contribution in [3.05, 3.63) is 64.7 Å². The van der Waals surface area contributed by atoms with Crippen molar-refractivity contribution in [2.75, 3.05) is 19.6 Å². The van der Waals surface area contributed by atoms with Gasteiger partial charge in [-0.1, -0.05) is 41.5 Å². The number of aryl methyl sites for hydroxylation is 2. The Labute approximate surface area is 162 Å². The third-order valence-electron chi connectivity index (χ3n) is 6.40. The van der Waals surface area contributed by atoms with Gasteiger partial charge in [0.05, 0.1) is 5.60 Å². The molecule has 3 heteroatoms. The molecule has 1 heterocycles. The number of aliphatic hydroxyl groups is 1. The normalized spacial score (nSPS) is 27.8. The average molecular weight is 366 g/mol. The summed E-state index contributed by atoms with van der Waals surface area (Å²) in [4.78, 5) is 2.55. The predicted molar refractivity (Wildman–Crippen MR) is 109 cm³/mol. The van der Waals surface area contributed by atoms with Gasteiger partial charge in [-0.2, -0.15) is 0 Å². The van der Waals surface area contributed by atoms with Gasteiger partial charge in [0, 0.05) is 26.1 Å². The van der Waals surface area contributed by atoms with Crippen LogP contribution in [0.25, 0.3) is 0 Å². The molecule has 1 aliphatic heterocycles. The van der Waals surface area contributed by atoms with Gasteiger partial charge in [-0.25, -0.2) is 0 Å². The number of nitrogens with zero attached hydrogens (tertiary/aromatic N) is 1. The Morgan fingerprint density at radius 2 is 1.52 bits per heavy atom. The topological polar surface area (TPSA) is 43.7 Å². The van der Waals surface area contributed by atoms with Gasteiger partial charge in [-0.05, 0) is 68.2 Å². The van der Waals surface area contributed by atoms with Crippen LogP contribution in [0.4, 0.5) is 0 Å². The zero-order valence-electron chi connectivity index (χ0n) is 16.5. The van der Waals surface area contributed by atoms with E-state index in [4.69, 9.17) is 0 Å². The van der Waals surface area contributed by atoms with E-state index < -0.39 is 5.60 Å². The lowest BCUT2D eigenvalue weighted by molar-refractivity contribution is 0.0355. The summed E-state index contributed by atoms with van der Waals surface area (Å²) >= 11 is 0. The molecule has 3 nitrogen and oxygen atoms in total. The Balaban J connectivity index is 1.31.